The zero-order valence-electron chi connectivity index (χ0n) is 15.5. The van der Waals surface area contributed by atoms with Gasteiger partial charge >= 0.3 is 0 Å². The number of rotatable bonds is 4. The Morgan fingerprint density at radius 2 is 1.96 bits per heavy atom. The molecule has 136 valence electrons. The van der Waals surface area contributed by atoms with Crippen molar-refractivity contribution in [3.63, 3.8) is 0 Å². The Morgan fingerprint density at radius 1 is 1.15 bits per heavy atom. The Hall–Kier alpha value is -2.47. The van der Waals surface area contributed by atoms with Gasteiger partial charge in [-0.05, 0) is 50.3 Å². The first-order chi connectivity index (χ1) is 12.6. The van der Waals surface area contributed by atoms with Gasteiger partial charge in [0.15, 0.2) is 5.65 Å². The summed E-state index contributed by atoms with van der Waals surface area (Å²) in [7, 11) is 0. The number of piperidine rings is 1. The number of hydrogen-bond donors (Lipinski definition) is 1. The highest BCUT2D eigenvalue weighted by atomic mass is 16.1. The van der Waals surface area contributed by atoms with E-state index in [-0.39, 0.29) is 5.56 Å². The first kappa shape index (κ1) is 17.0. The van der Waals surface area contributed by atoms with Crippen molar-refractivity contribution >= 4 is 11.0 Å². The highest BCUT2D eigenvalue weighted by molar-refractivity contribution is 5.75. The molecule has 0 atom stereocenters. The molecule has 1 saturated heterocycles. The number of quaternary nitrogens is 1. The second-order valence-corrected chi connectivity index (χ2v) is 7.32. The van der Waals surface area contributed by atoms with E-state index in [1.54, 1.807) is 26.7 Å². The van der Waals surface area contributed by atoms with E-state index in [9.17, 15) is 4.79 Å². The molecule has 26 heavy (non-hydrogen) atoms. The molecule has 1 aliphatic rings. The van der Waals surface area contributed by atoms with Crippen LogP contribution in [0.1, 0.15) is 30.4 Å². The molecule has 2 aromatic heterocycles. The Labute approximate surface area is 153 Å². The van der Waals surface area contributed by atoms with Crippen molar-refractivity contribution in [1.82, 2.24) is 19.3 Å². The molecule has 0 saturated carbocycles. The van der Waals surface area contributed by atoms with Crippen LogP contribution in [0.3, 0.4) is 0 Å². The summed E-state index contributed by atoms with van der Waals surface area (Å²) in [5.74, 6) is 0. The molecule has 6 nitrogen and oxygen atoms in total. The maximum absolute atomic E-state index is 12.9. The number of aromatic nitrogens is 4. The van der Waals surface area contributed by atoms with Gasteiger partial charge in [-0.2, -0.15) is 5.10 Å². The topological polar surface area (TPSA) is 57.1 Å². The van der Waals surface area contributed by atoms with Crippen molar-refractivity contribution in [1.29, 1.82) is 0 Å². The third-order valence-corrected chi connectivity index (χ3v) is 5.63. The summed E-state index contributed by atoms with van der Waals surface area (Å²) in [5, 5.41) is 5.04. The second-order valence-electron chi connectivity index (χ2n) is 7.32. The minimum atomic E-state index is 0.00275. The Morgan fingerprint density at radius 3 is 2.77 bits per heavy atom. The second kappa shape index (κ2) is 7.03. The quantitative estimate of drug-likeness (QED) is 0.769. The molecule has 1 aliphatic heterocycles. The summed E-state index contributed by atoms with van der Waals surface area (Å²) in [6.07, 6.45) is 7.26. The van der Waals surface area contributed by atoms with Crippen LogP contribution in [0.5, 0.6) is 0 Å². The van der Waals surface area contributed by atoms with Gasteiger partial charge in [-0.15, -0.1) is 0 Å². The van der Waals surface area contributed by atoms with E-state index in [0.717, 1.165) is 17.8 Å². The van der Waals surface area contributed by atoms with Crippen molar-refractivity contribution < 1.29 is 4.90 Å². The summed E-state index contributed by atoms with van der Waals surface area (Å²) in [6, 6.07) is 6.10. The van der Waals surface area contributed by atoms with Crippen LogP contribution in [0.4, 0.5) is 0 Å². The summed E-state index contributed by atoms with van der Waals surface area (Å²) in [4.78, 5) is 19.0. The summed E-state index contributed by atoms with van der Waals surface area (Å²) < 4.78 is 3.51. The van der Waals surface area contributed by atoms with Crippen molar-refractivity contribution in [3.05, 3.63) is 52.2 Å². The molecule has 0 unspecified atom stereocenters. The SMILES string of the molecule is Cc1cccc(-n2ncc3c(=O)n(CC[NH+]4CCCCC4)cnc32)c1C. The highest BCUT2D eigenvalue weighted by Crippen LogP contribution is 2.19. The van der Waals surface area contributed by atoms with Crippen molar-refractivity contribution in [2.75, 3.05) is 19.6 Å². The average molecular weight is 352 g/mol. The van der Waals surface area contributed by atoms with Gasteiger partial charge in [-0.25, -0.2) is 9.67 Å². The van der Waals surface area contributed by atoms with Gasteiger partial charge < -0.3 is 4.90 Å². The Bertz CT molecular complexity index is 982. The van der Waals surface area contributed by atoms with Crippen LogP contribution >= 0.6 is 0 Å². The number of nitrogens with zero attached hydrogens (tertiary/aromatic N) is 4. The Kier molecular flexibility index (Phi) is 4.59. The van der Waals surface area contributed by atoms with Crippen molar-refractivity contribution in [2.45, 2.75) is 39.7 Å². The summed E-state index contributed by atoms with van der Waals surface area (Å²) in [6.45, 7) is 8.28. The number of hydrogen-bond acceptors (Lipinski definition) is 3. The monoisotopic (exact) mass is 352 g/mol. The average Bonchev–Trinajstić information content (AvgIpc) is 3.09. The predicted molar refractivity (Wildman–Crippen MR) is 102 cm³/mol. The number of likely N-dealkylation sites (tertiary alicyclic amines) is 1. The highest BCUT2D eigenvalue weighted by Gasteiger charge is 2.16. The molecule has 0 amide bonds. The molecule has 4 rings (SSSR count). The molecule has 1 aromatic carbocycles. The maximum atomic E-state index is 12.9. The van der Waals surface area contributed by atoms with E-state index in [1.165, 1.54) is 37.9 Å². The lowest BCUT2D eigenvalue weighted by molar-refractivity contribution is -0.905. The van der Waals surface area contributed by atoms with Gasteiger partial charge in [0.05, 0.1) is 38.1 Å². The minimum absolute atomic E-state index is 0.00275. The predicted octanol–water partition coefficient (Wildman–Crippen LogP) is 1.27. The zero-order chi connectivity index (χ0) is 18.1. The number of aryl methyl sites for hydroxylation is 1. The fourth-order valence-electron chi connectivity index (χ4n) is 3.83. The summed E-state index contributed by atoms with van der Waals surface area (Å²) in [5.41, 5.74) is 3.96. The minimum Gasteiger partial charge on any atom is -0.333 e. The van der Waals surface area contributed by atoms with Gasteiger partial charge in [-0.1, -0.05) is 12.1 Å². The van der Waals surface area contributed by atoms with E-state index in [4.69, 9.17) is 0 Å². The van der Waals surface area contributed by atoms with Crippen LogP contribution in [0, 0.1) is 13.8 Å². The van der Waals surface area contributed by atoms with Gasteiger partial charge in [-0.3, -0.25) is 9.36 Å². The summed E-state index contributed by atoms with van der Waals surface area (Å²) >= 11 is 0. The molecule has 1 fully saturated rings. The fourth-order valence-corrected chi connectivity index (χ4v) is 3.83. The number of nitrogens with one attached hydrogen (secondary N) is 1. The van der Waals surface area contributed by atoms with Crippen LogP contribution in [0.25, 0.3) is 16.7 Å². The number of fused-ring (bicyclic) bond motifs is 1. The van der Waals surface area contributed by atoms with Crippen LogP contribution in [-0.2, 0) is 6.54 Å². The van der Waals surface area contributed by atoms with Gasteiger partial charge in [0.1, 0.15) is 11.7 Å². The Balaban J connectivity index is 1.65. The lowest BCUT2D eigenvalue weighted by Gasteiger charge is -2.23. The number of benzene rings is 1. The molecule has 0 spiro atoms. The van der Waals surface area contributed by atoms with Gasteiger partial charge in [0.25, 0.3) is 5.56 Å². The molecule has 6 heteroatoms. The molecule has 0 bridgehead atoms. The standard InChI is InChI=1S/C20H25N5O/c1-15-7-6-8-18(16(15)2)25-19-17(13-22-25)20(26)24(14-21-19)12-11-23-9-4-3-5-10-23/h6-8,13-14H,3-5,9-12H2,1-2H3/p+1. The molecule has 0 radical (unpaired) electrons. The lowest BCUT2D eigenvalue weighted by atomic mass is 10.1. The van der Waals surface area contributed by atoms with Crippen LogP contribution < -0.4 is 10.5 Å². The van der Waals surface area contributed by atoms with E-state index < -0.39 is 0 Å². The molecular weight excluding hydrogens is 326 g/mol. The van der Waals surface area contributed by atoms with Crippen LogP contribution in [0.15, 0.2) is 35.5 Å². The van der Waals surface area contributed by atoms with E-state index in [2.05, 4.69) is 30.0 Å². The first-order valence-corrected chi connectivity index (χ1v) is 9.48. The van der Waals surface area contributed by atoms with E-state index >= 15 is 0 Å². The van der Waals surface area contributed by atoms with Crippen LogP contribution in [-0.4, -0.2) is 39.0 Å². The third-order valence-electron chi connectivity index (χ3n) is 5.63. The normalized spacial score (nSPS) is 15.6. The molecule has 3 heterocycles. The third kappa shape index (κ3) is 3.05. The van der Waals surface area contributed by atoms with E-state index in [1.807, 2.05) is 12.1 Å². The largest absolute Gasteiger partial charge is 0.333 e. The van der Waals surface area contributed by atoms with Crippen molar-refractivity contribution in [2.24, 2.45) is 0 Å². The van der Waals surface area contributed by atoms with Crippen molar-refractivity contribution in [3.8, 4) is 5.69 Å². The van der Waals surface area contributed by atoms with Gasteiger partial charge in [0, 0.05) is 0 Å². The molecule has 0 aliphatic carbocycles. The molecular formula is C20H26N5O+. The smallest absolute Gasteiger partial charge is 0.264 e. The zero-order valence-corrected chi connectivity index (χ0v) is 15.5. The van der Waals surface area contributed by atoms with E-state index in [0.29, 0.717) is 17.6 Å². The lowest BCUT2D eigenvalue weighted by Crippen LogP contribution is -3.13. The maximum Gasteiger partial charge on any atom is 0.264 e. The van der Waals surface area contributed by atoms with Gasteiger partial charge in [0.2, 0.25) is 0 Å². The molecule has 3 aromatic rings. The first-order valence-electron chi connectivity index (χ1n) is 9.48. The fraction of sp³-hybridized carbons (Fsp3) is 0.450. The van der Waals surface area contributed by atoms with Crippen LogP contribution in [0.2, 0.25) is 0 Å². The molecule has 1 N–H and O–H groups in total.